The second-order valence-corrected chi connectivity index (χ2v) is 19.7. The zero-order chi connectivity index (χ0) is 28.0. The molecular weight excluding hydrogens is 1200 g/mol. The second kappa shape index (κ2) is 63.7. The van der Waals surface area contributed by atoms with E-state index in [0.29, 0.717) is 98.9 Å². The van der Waals surface area contributed by atoms with Crippen LogP contribution in [0.4, 0.5) is 0 Å². The van der Waals surface area contributed by atoms with Crippen molar-refractivity contribution < 1.29 is 155 Å². The van der Waals surface area contributed by atoms with Gasteiger partial charge in [0.05, 0.1) is 0 Å². The molecule has 0 saturated carbocycles. The third-order valence-electron chi connectivity index (χ3n) is 0. The fraction of sp³-hybridized carbons (Fsp3) is 0. The first-order valence-corrected chi connectivity index (χ1v) is 22.5. The Labute approximate surface area is 322 Å². The molecule has 13 nitrogen and oxygen atoms in total. The number of hydrogen-bond acceptors (Lipinski definition) is 21. The molecule has 0 aliphatic rings. The Morgan fingerprint density at radius 1 is 0.353 bits per heavy atom. The summed E-state index contributed by atoms with van der Waals surface area (Å²) < 4.78 is 41.3. The van der Waals surface area contributed by atoms with Gasteiger partial charge in [0.25, 0.3) is 0 Å². The van der Waals surface area contributed by atoms with Crippen molar-refractivity contribution in [2.75, 3.05) is 0 Å². The molecule has 0 atom stereocenters. The molecule has 0 radical (unpaired) electrons. The first-order chi connectivity index (χ1) is 13.0. The summed E-state index contributed by atoms with van der Waals surface area (Å²) in [5.74, 6) is 0. The first-order valence-electron chi connectivity index (χ1n) is 3.75. The molecule has 0 aromatic rings. The van der Waals surface area contributed by atoms with E-state index in [1.807, 2.05) is 0 Å². The van der Waals surface area contributed by atoms with Crippen molar-refractivity contribution in [2.24, 2.45) is 0 Å². The predicted molar refractivity (Wildman–Crippen MR) is 119 cm³/mol. The van der Waals surface area contributed by atoms with E-state index in [2.05, 4.69) is 96.2 Å². The maximum atomic E-state index is 9.29. The largest absolute Gasteiger partial charge is 2.00 e. The minimum absolute atomic E-state index is 0. The van der Waals surface area contributed by atoms with Crippen LogP contribution in [0.2, 0.25) is 0 Å². The minimum atomic E-state index is -3.72. The van der Waals surface area contributed by atoms with Gasteiger partial charge in [-0.1, -0.05) is 0 Å². The van der Waals surface area contributed by atoms with Crippen LogP contribution >= 0.6 is 22.8 Å². The Kier molecular flexibility index (Phi) is 157. The average Bonchev–Trinajstić information content (AvgIpc) is 2.50. The van der Waals surface area contributed by atoms with E-state index in [4.69, 9.17) is 17.0 Å². The number of hydrogen-bond donors (Lipinski definition) is 0. The van der Waals surface area contributed by atoms with Gasteiger partial charge < -0.3 is 165 Å². The summed E-state index contributed by atoms with van der Waals surface area (Å²) in [6.45, 7) is 0. The Balaban J connectivity index is -0.0000000135. The van der Waals surface area contributed by atoms with Crippen molar-refractivity contribution in [3.63, 3.8) is 0 Å². The van der Waals surface area contributed by atoms with E-state index in [-0.39, 0.29) is 54.0 Å². The summed E-state index contributed by atoms with van der Waals surface area (Å²) in [5.41, 5.74) is -14.9. The van der Waals surface area contributed by atoms with Gasteiger partial charge in [0.1, 0.15) is 0 Å². The average molecular weight is 1200 g/mol. The molecule has 0 saturated heterocycles. The summed E-state index contributed by atoms with van der Waals surface area (Å²) in [6, 6.07) is 0. The molecule has 0 rings (SSSR count). The molecule has 0 fully saturated rings. The van der Waals surface area contributed by atoms with Crippen LogP contribution in [0, 0.1) is 0 Å². The van der Waals surface area contributed by atoms with Crippen LogP contribution in [0.15, 0.2) is 0 Å². The Morgan fingerprint density at radius 2 is 0.353 bits per heavy atom. The van der Waals surface area contributed by atoms with Crippen LogP contribution in [0.5, 0.6) is 0 Å². The molecule has 0 aromatic heterocycles. The zero-order valence-corrected chi connectivity index (χ0v) is 37.4. The van der Waals surface area contributed by atoms with Gasteiger partial charge in [-0.2, -0.15) is 47.2 Å². The molecular formula is Mo5O13P4S12. The van der Waals surface area contributed by atoms with Crippen LogP contribution in [-0.4, -0.2) is 0 Å². The van der Waals surface area contributed by atoms with Crippen LogP contribution < -0.4 is 39.1 Å². The van der Waals surface area contributed by atoms with Gasteiger partial charge >= 0.3 is 116 Å². The van der Waals surface area contributed by atoms with Gasteiger partial charge in [0.15, 0.2) is 0 Å². The smallest absolute Gasteiger partial charge is 2.00 e. The van der Waals surface area contributed by atoms with Crippen LogP contribution in [0.25, 0.3) is 0 Å². The fourth-order valence-corrected chi connectivity index (χ4v) is 0. The monoisotopic (exact) mass is 1210 g/mol. The molecule has 34 heteroatoms. The Bertz CT molecular complexity index is 384. The van der Waals surface area contributed by atoms with Crippen molar-refractivity contribution in [3.05, 3.63) is 0 Å². The van der Waals surface area contributed by atoms with Crippen molar-refractivity contribution >= 4 is 173 Å². The maximum absolute atomic E-state index is 9.29. The third kappa shape index (κ3) is 1040. The van der Waals surface area contributed by atoms with Gasteiger partial charge in [-0.15, -0.1) is 0 Å². The second-order valence-electron chi connectivity index (χ2n) is 1.79. The van der Waals surface area contributed by atoms with Crippen molar-refractivity contribution in [1.82, 2.24) is 0 Å². The van der Waals surface area contributed by atoms with E-state index in [0.717, 1.165) is 0 Å². The van der Waals surface area contributed by atoms with E-state index in [1.54, 1.807) is 0 Å². The van der Waals surface area contributed by atoms with Gasteiger partial charge in [-0.05, 0) is 0 Å². The molecule has 200 valence electrons. The van der Waals surface area contributed by atoms with Crippen molar-refractivity contribution in [3.8, 4) is 0 Å². The maximum Gasteiger partial charge on any atom is -2.00 e. The molecule has 0 aromatic carbocycles. The van der Waals surface area contributed by atoms with Crippen molar-refractivity contribution in [1.29, 1.82) is 0 Å². The standard InChI is InChI=1S/5Mo.4H3O2PS2.5O.4S/c;;;;;4*1-3(2,4)5;;;;;;;;;/h;;;;;4*(H3,1,2,4,5);;;;;;;;;/q5*+4;;;;;;;;;;4*-2/p-12. The topological polar surface area (TPSA) is 270 Å². The third-order valence-corrected chi connectivity index (χ3v) is 0. The van der Waals surface area contributed by atoms with Gasteiger partial charge in [0.2, 0.25) is 0 Å². The quantitative estimate of drug-likeness (QED) is 0.124. The van der Waals surface area contributed by atoms with E-state index < -0.39 is 22.8 Å². The Morgan fingerprint density at radius 3 is 0.353 bits per heavy atom. The molecule has 0 amide bonds. The molecule has 0 unspecified atom stereocenters. The molecule has 0 N–H and O–H groups in total. The molecule has 0 heterocycles. The molecule has 0 spiro atoms. The van der Waals surface area contributed by atoms with Gasteiger partial charge in [-0.3, -0.25) is 0 Å². The minimum Gasteiger partial charge on any atom is -2.00 e. The SMILES string of the molecule is [O-]P([O-])(=S)[S-].[O-]P([O-])(=S)[S-].[O-]P([O-])(=S)[S-].[O-]P([O-])(=S)[S-].[O]=[Mo+4].[O]=[Mo+4].[O]=[Mo+4].[O]=[Mo+4].[O]=[Mo+4].[S-2].[S-2].[S-2].[S-2]. The Hall–Kier alpha value is 7.52. The first kappa shape index (κ1) is 83.8. The molecule has 0 aliphatic carbocycles. The zero-order valence-electron chi connectivity index (χ0n) is 14.0. The van der Waals surface area contributed by atoms with Crippen molar-refractivity contribution in [2.45, 2.75) is 0 Å². The van der Waals surface area contributed by atoms with E-state index in [9.17, 15) is 39.1 Å². The fourth-order valence-electron chi connectivity index (χ4n) is 0. The molecule has 34 heavy (non-hydrogen) atoms. The van der Waals surface area contributed by atoms with Gasteiger partial charge in [0, 0.05) is 0 Å². The predicted octanol–water partition coefficient (Wildman–Crippen LogP) is -6.70. The number of rotatable bonds is 0. The summed E-state index contributed by atoms with van der Waals surface area (Å²) in [5, 5.41) is 0. The van der Waals surface area contributed by atoms with Gasteiger partial charge in [-0.25, -0.2) is 0 Å². The molecule has 0 aliphatic heterocycles. The van der Waals surface area contributed by atoms with Crippen LogP contribution in [-0.2, 0) is 266 Å². The van der Waals surface area contributed by atoms with E-state index >= 15 is 0 Å². The van der Waals surface area contributed by atoms with E-state index in [1.165, 1.54) is 0 Å². The summed E-state index contributed by atoms with van der Waals surface area (Å²) >= 11 is 32.6. The van der Waals surface area contributed by atoms with Crippen LogP contribution in [0.3, 0.4) is 0 Å². The molecule has 0 bridgehead atoms. The normalized spacial score (nSPS) is 7.82. The summed E-state index contributed by atoms with van der Waals surface area (Å²) in [7, 11) is 0. The summed E-state index contributed by atoms with van der Waals surface area (Å²) in [4.78, 5) is 74.3. The van der Waals surface area contributed by atoms with Crippen LogP contribution in [0.1, 0.15) is 0 Å². The summed E-state index contributed by atoms with van der Waals surface area (Å²) in [6.07, 6.45) is 0.